The first-order valence-corrected chi connectivity index (χ1v) is 5.61. The molecule has 0 heterocycles. The molecule has 0 saturated heterocycles. The van der Waals surface area contributed by atoms with E-state index in [1.165, 1.54) is 19.1 Å². The van der Waals surface area contributed by atoms with Crippen molar-refractivity contribution in [2.75, 3.05) is 13.7 Å². The lowest BCUT2D eigenvalue weighted by atomic mass is 9.64. The molecule has 2 rings (SSSR count). The van der Waals surface area contributed by atoms with Gasteiger partial charge in [0.15, 0.2) is 0 Å². The van der Waals surface area contributed by atoms with Crippen molar-refractivity contribution < 1.29 is 9.53 Å². The van der Waals surface area contributed by atoms with Crippen LogP contribution in [0.4, 0.5) is 0 Å². The summed E-state index contributed by atoms with van der Waals surface area (Å²) in [5.41, 5.74) is 7.83. The Bertz CT molecular complexity index is 374. The molecule has 16 heavy (non-hydrogen) atoms. The van der Waals surface area contributed by atoms with Crippen LogP contribution in [0.15, 0.2) is 24.3 Å². The normalized spacial score (nSPS) is 17.6. The molecule has 0 unspecified atom stereocenters. The Kier molecular flexibility index (Phi) is 2.97. The zero-order valence-electron chi connectivity index (χ0n) is 9.53. The Morgan fingerprint density at radius 2 is 2.00 bits per heavy atom. The maximum atomic E-state index is 11.3. The molecule has 0 radical (unpaired) electrons. The minimum absolute atomic E-state index is 0.161. The van der Waals surface area contributed by atoms with Crippen LogP contribution in [-0.4, -0.2) is 19.6 Å². The third-order valence-corrected chi connectivity index (χ3v) is 3.62. The second-order valence-corrected chi connectivity index (χ2v) is 4.41. The Hall–Kier alpha value is -1.35. The molecular formula is C13H17NO2. The average molecular weight is 219 g/mol. The standard InChI is InChI=1S/C13H17NO2/c1-16-12(15)10-3-5-11(6-4-10)13(9-14)7-2-8-13/h3-6H,2,7-9,14H2,1H3. The van der Waals surface area contributed by atoms with Gasteiger partial charge < -0.3 is 10.5 Å². The van der Waals surface area contributed by atoms with Gasteiger partial charge in [-0.3, -0.25) is 0 Å². The maximum Gasteiger partial charge on any atom is 0.337 e. The molecule has 1 fully saturated rings. The fourth-order valence-corrected chi connectivity index (χ4v) is 2.29. The summed E-state index contributed by atoms with van der Waals surface area (Å²) in [6, 6.07) is 7.63. The first-order chi connectivity index (χ1) is 7.72. The van der Waals surface area contributed by atoms with E-state index in [-0.39, 0.29) is 11.4 Å². The van der Waals surface area contributed by atoms with Gasteiger partial charge in [0.2, 0.25) is 0 Å². The first kappa shape index (κ1) is 11.1. The van der Waals surface area contributed by atoms with Gasteiger partial charge in [-0.2, -0.15) is 0 Å². The number of carbonyl (C=O) groups is 1. The highest BCUT2D eigenvalue weighted by molar-refractivity contribution is 5.89. The van der Waals surface area contributed by atoms with Crippen LogP contribution in [-0.2, 0) is 10.2 Å². The summed E-state index contributed by atoms with van der Waals surface area (Å²) < 4.78 is 4.66. The number of hydrogen-bond donors (Lipinski definition) is 1. The maximum absolute atomic E-state index is 11.3. The van der Waals surface area contributed by atoms with Crippen LogP contribution in [0.2, 0.25) is 0 Å². The number of benzene rings is 1. The Balaban J connectivity index is 2.22. The predicted octanol–water partition coefficient (Wildman–Crippen LogP) is 1.85. The molecule has 1 aliphatic rings. The minimum atomic E-state index is -0.290. The van der Waals surface area contributed by atoms with Crippen LogP contribution in [0.1, 0.15) is 35.2 Å². The monoisotopic (exact) mass is 219 g/mol. The smallest absolute Gasteiger partial charge is 0.337 e. The summed E-state index contributed by atoms with van der Waals surface area (Å²) in [5.74, 6) is -0.290. The third kappa shape index (κ3) is 1.71. The molecule has 1 aliphatic carbocycles. The highest BCUT2D eigenvalue weighted by Gasteiger charge is 2.37. The van der Waals surface area contributed by atoms with Gasteiger partial charge >= 0.3 is 5.97 Å². The number of ether oxygens (including phenoxy) is 1. The number of esters is 1. The lowest BCUT2D eigenvalue weighted by Gasteiger charge is -2.41. The number of rotatable bonds is 3. The van der Waals surface area contributed by atoms with Crippen molar-refractivity contribution in [3.05, 3.63) is 35.4 Å². The van der Waals surface area contributed by atoms with Crippen LogP contribution in [0.25, 0.3) is 0 Å². The quantitative estimate of drug-likeness (QED) is 0.789. The Morgan fingerprint density at radius 3 is 2.38 bits per heavy atom. The van der Waals surface area contributed by atoms with E-state index in [2.05, 4.69) is 4.74 Å². The lowest BCUT2D eigenvalue weighted by molar-refractivity contribution is 0.0600. The summed E-state index contributed by atoms with van der Waals surface area (Å²) in [6.07, 6.45) is 3.55. The van der Waals surface area contributed by atoms with Gasteiger partial charge in [-0.05, 0) is 30.5 Å². The van der Waals surface area contributed by atoms with E-state index in [1.807, 2.05) is 24.3 Å². The van der Waals surface area contributed by atoms with E-state index in [4.69, 9.17) is 5.73 Å². The van der Waals surface area contributed by atoms with Gasteiger partial charge in [0.05, 0.1) is 12.7 Å². The average Bonchev–Trinajstić information content (AvgIpc) is 2.28. The molecule has 0 amide bonds. The molecule has 0 bridgehead atoms. The van der Waals surface area contributed by atoms with Crippen molar-refractivity contribution >= 4 is 5.97 Å². The number of nitrogens with two attached hydrogens (primary N) is 1. The van der Waals surface area contributed by atoms with Crippen LogP contribution in [0.5, 0.6) is 0 Å². The molecule has 3 nitrogen and oxygen atoms in total. The highest BCUT2D eigenvalue weighted by atomic mass is 16.5. The van der Waals surface area contributed by atoms with Gasteiger partial charge in [0.25, 0.3) is 0 Å². The topological polar surface area (TPSA) is 52.3 Å². The van der Waals surface area contributed by atoms with Crippen LogP contribution in [0, 0.1) is 0 Å². The van der Waals surface area contributed by atoms with Gasteiger partial charge in [-0.15, -0.1) is 0 Å². The molecule has 1 saturated carbocycles. The van der Waals surface area contributed by atoms with Gasteiger partial charge in [0.1, 0.15) is 0 Å². The second-order valence-electron chi connectivity index (χ2n) is 4.41. The first-order valence-electron chi connectivity index (χ1n) is 5.61. The van der Waals surface area contributed by atoms with Gasteiger partial charge in [-0.1, -0.05) is 18.6 Å². The molecule has 86 valence electrons. The van der Waals surface area contributed by atoms with E-state index in [0.29, 0.717) is 12.1 Å². The van der Waals surface area contributed by atoms with E-state index in [1.54, 1.807) is 0 Å². The highest BCUT2D eigenvalue weighted by Crippen LogP contribution is 2.42. The van der Waals surface area contributed by atoms with E-state index in [9.17, 15) is 4.79 Å². The second kappa shape index (κ2) is 4.26. The molecular weight excluding hydrogens is 202 g/mol. The SMILES string of the molecule is COC(=O)c1ccc(C2(CN)CCC2)cc1. The summed E-state index contributed by atoms with van der Waals surface area (Å²) in [6.45, 7) is 0.685. The van der Waals surface area contributed by atoms with Crippen LogP contribution >= 0.6 is 0 Å². The van der Waals surface area contributed by atoms with Crippen molar-refractivity contribution in [2.24, 2.45) is 5.73 Å². The zero-order valence-corrected chi connectivity index (χ0v) is 9.53. The van der Waals surface area contributed by atoms with Crippen molar-refractivity contribution in [3.8, 4) is 0 Å². The van der Waals surface area contributed by atoms with Gasteiger partial charge in [0, 0.05) is 12.0 Å². The molecule has 0 spiro atoms. The third-order valence-electron chi connectivity index (χ3n) is 3.62. The van der Waals surface area contributed by atoms with Crippen LogP contribution < -0.4 is 5.73 Å². The molecule has 1 aromatic rings. The molecule has 0 atom stereocenters. The fourth-order valence-electron chi connectivity index (χ4n) is 2.29. The minimum Gasteiger partial charge on any atom is -0.465 e. The van der Waals surface area contributed by atoms with E-state index < -0.39 is 0 Å². The molecule has 2 N–H and O–H groups in total. The lowest BCUT2D eigenvalue weighted by Crippen LogP contribution is -2.41. The van der Waals surface area contributed by atoms with Crippen molar-refractivity contribution in [1.82, 2.24) is 0 Å². The summed E-state index contributed by atoms with van der Waals surface area (Å²) in [5, 5.41) is 0. The number of carbonyl (C=O) groups excluding carboxylic acids is 1. The van der Waals surface area contributed by atoms with E-state index in [0.717, 1.165) is 12.8 Å². The molecule has 1 aromatic carbocycles. The van der Waals surface area contributed by atoms with Gasteiger partial charge in [-0.25, -0.2) is 4.79 Å². The van der Waals surface area contributed by atoms with E-state index >= 15 is 0 Å². The summed E-state index contributed by atoms with van der Waals surface area (Å²) in [7, 11) is 1.39. The molecule has 0 aliphatic heterocycles. The fraction of sp³-hybridized carbons (Fsp3) is 0.462. The number of hydrogen-bond acceptors (Lipinski definition) is 3. The summed E-state index contributed by atoms with van der Waals surface area (Å²) in [4.78, 5) is 11.3. The van der Waals surface area contributed by atoms with Crippen molar-refractivity contribution in [2.45, 2.75) is 24.7 Å². The molecule has 3 heteroatoms. The van der Waals surface area contributed by atoms with Crippen molar-refractivity contribution in [1.29, 1.82) is 0 Å². The zero-order chi connectivity index (χ0) is 11.6. The van der Waals surface area contributed by atoms with Crippen molar-refractivity contribution in [3.63, 3.8) is 0 Å². The molecule has 0 aromatic heterocycles. The Morgan fingerprint density at radius 1 is 1.38 bits per heavy atom. The summed E-state index contributed by atoms with van der Waals surface area (Å²) >= 11 is 0. The van der Waals surface area contributed by atoms with Crippen LogP contribution in [0.3, 0.4) is 0 Å². The largest absolute Gasteiger partial charge is 0.465 e. The predicted molar refractivity (Wildman–Crippen MR) is 62.4 cm³/mol. The Labute approximate surface area is 95.6 Å². The number of methoxy groups -OCH3 is 1.